The molecule has 1 saturated heterocycles. The van der Waals surface area contributed by atoms with Crippen molar-refractivity contribution < 1.29 is 25.2 Å². The Morgan fingerprint density at radius 2 is 1.95 bits per heavy atom. The molecule has 1 heterocycles. The summed E-state index contributed by atoms with van der Waals surface area (Å²) in [7, 11) is 0. The maximum atomic E-state index is 11.8. The predicted octanol–water partition coefficient (Wildman–Crippen LogP) is -1.89. The fourth-order valence-corrected chi connectivity index (χ4v) is 2.43. The van der Waals surface area contributed by atoms with Gasteiger partial charge in [0.1, 0.15) is 5.75 Å². The van der Waals surface area contributed by atoms with Crippen molar-refractivity contribution in [2.45, 2.75) is 30.7 Å². The molecule has 1 aromatic carbocycles. The molecular formula is C14H20N2O5. The Labute approximate surface area is 122 Å². The number of carbonyl (C=O) groups is 1. The molecule has 0 bridgehead atoms. The summed E-state index contributed by atoms with van der Waals surface area (Å²) in [4.78, 5) is 11.8. The van der Waals surface area contributed by atoms with Crippen molar-refractivity contribution in [3.8, 4) is 5.75 Å². The second kappa shape index (κ2) is 6.86. The highest BCUT2D eigenvalue weighted by atomic mass is 16.3. The molecule has 1 aliphatic heterocycles. The standard InChI is InChI=1S/C14H20N2O5/c17-7-11-14(21)13(20)10(16-11)6-15-12(19)5-8-2-1-3-9(18)4-8/h1-4,10-11,13-14,16-18,20-21H,5-7H2,(H,15,19)/t10-,11-,13-,14+/m1/s1. The van der Waals surface area contributed by atoms with Crippen LogP contribution in [0.2, 0.25) is 0 Å². The zero-order valence-corrected chi connectivity index (χ0v) is 11.4. The van der Waals surface area contributed by atoms with Gasteiger partial charge >= 0.3 is 0 Å². The summed E-state index contributed by atoms with van der Waals surface area (Å²) >= 11 is 0. The molecule has 1 amide bonds. The van der Waals surface area contributed by atoms with Crippen LogP contribution in [0.4, 0.5) is 0 Å². The van der Waals surface area contributed by atoms with Crippen LogP contribution in [-0.4, -0.2) is 63.8 Å². The number of hydrogen-bond acceptors (Lipinski definition) is 6. The maximum absolute atomic E-state index is 11.8. The molecule has 7 heteroatoms. The third kappa shape index (κ3) is 3.92. The zero-order valence-electron chi connectivity index (χ0n) is 11.4. The normalized spacial score (nSPS) is 28.5. The van der Waals surface area contributed by atoms with Crippen molar-refractivity contribution >= 4 is 5.91 Å². The van der Waals surface area contributed by atoms with Gasteiger partial charge in [-0.05, 0) is 17.7 Å². The van der Waals surface area contributed by atoms with Crippen LogP contribution in [0.15, 0.2) is 24.3 Å². The van der Waals surface area contributed by atoms with Crippen LogP contribution >= 0.6 is 0 Å². The van der Waals surface area contributed by atoms with E-state index in [0.717, 1.165) is 0 Å². The first-order valence-electron chi connectivity index (χ1n) is 6.79. The number of aromatic hydroxyl groups is 1. The van der Waals surface area contributed by atoms with Gasteiger partial charge < -0.3 is 31.1 Å². The number of phenolic OH excluding ortho intramolecular Hbond substituents is 1. The van der Waals surface area contributed by atoms with Gasteiger partial charge in [-0.3, -0.25) is 4.79 Å². The lowest BCUT2D eigenvalue weighted by Crippen LogP contribution is -2.44. The maximum Gasteiger partial charge on any atom is 0.224 e. The van der Waals surface area contributed by atoms with Crippen molar-refractivity contribution in [2.24, 2.45) is 0 Å². The first kappa shape index (κ1) is 15.7. The van der Waals surface area contributed by atoms with E-state index in [1.807, 2.05) is 0 Å². The van der Waals surface area contributed by atoms with Crippen LogP contribution < -0.4 is 10.6 Å². The minimum atomic E-state index is -1.05. The molecule has 4 atom stereocenters. The number of aliphatic hydroxyl groups excluding tert-OH is 3. The lowest BCUT2D eigenvalue weighted by atomic mass is 10.1. The number of amides is 1. The predicted molar refractivity (Wildman–Crippen MR) is 74.6 cm³/mol. The van der Waals surface area contributed by atoms with Crippen LogP contribution in [0, 0.1) is 0 Å². The monoisotopic (exact) mass is 296 g/mol. The van der Waals surface area contributed by atoms with Crippen LogP contribution in [0.1, 0.15) is 5.56 Å². The van der Waals surface area contributed by atoms with E-state index in [9.17, 15) is 20.1 Å². The Hall–Kier alpha value is -1.67. The van der Waals surface area contributed by atoms with Crippen molar-refractivity contribution in [2.75, 3.05) is 13.2 Å². The van der Waals surface area contributed by atoms with E-state index >= 15 is 0 Å². The summed E-state index contributed by atoms with van der Waals surface area (Å²) in [5, 5.41) is 43.3. The number of nitrogens with one attached hydrogen (secondary N) is 2. The third-order valence-corrected chi connectivity index (χ3v) is 3.59. The van der Waals surface area contributed by atoms with Crippen LogP contribution in [-0.2, 0) is 11.2 Å². The quantitative estimate of drug-likeness (QED) is 0.378. The van der Waals surface area contributed by atoms with E-state index in [2.05, 4.69) is 10.6 Å². The number of phenols is 1. The summed E-state index contributed by atoms with van der Waals surface area (Å²) < 4.78 is 0. The molecule has 1 aliphatic rings. The molecule has 2 rings (SSSR count). The molecular weight excluding hydrogens is 276 g/mol. The largest absolute Gasteiger partial charge is 0.508 e. The summed E-state index contributed by atoms with van der Waals surface area (Å²) in [5.74, 6) is -0.154. The highest BCUT2D eigenvalue weighted by Gasteiger charge is 2.40. The summed E-state index contributed by atoms with van der Waals surface area (Å²) in [6.45, 7) is -0.141. The average molecular weight is 296 g/mol. The molecule has 0 aromatic heterocycles. The Kier molecular flexibility index (Phi) is 5.13. The van der Waals surface area contributed by atoms with Crippen LogP contribution in [0.3, 0.4) is 0 Å². The average Bonchev–Trinajstić information content (AvgIpc) is 2.72. The summed E-state index contributed by atoms with van der Waals surface area (Å²) in [6, 6.07) is 5.32. The van der Waals surface area contributed by atoms with Crippen molar-refractivity contribution in [1.82, 2.24) is 10.6 Å². The number of rotatable bonds is 5. The molecule has 0 saturated carbocycles. The van der Waals surface area contributed by atoms with Crippen molar-refractivity contribution in [3.05, 3.63) is 29.8 Å². The number of benzene rings is 1. The topological polar surface area (TPSA) is 122 Å². The highest BCUT2D eigenvalue weighted by Crippen LogP contribution is 2.14. The number of carbonyl (C=O) groups excluding carboxylic acids is 1. The summed E-state index contributed by atoms with van der Waals surface area (Å²) in [5.41, 5.74) is 0.681. The SMILES string of the molecule is O=C(Cc1cccc(O)c1)NC[C@H]1N[C@H](CO)[C@H](O)[C@@H]1O. The molecule has 116 valence electrons. The molecule has 0 spiro atoms. The van der Waals surface area contributed by atoms with Crippen molar-refractivity contribution in [3.63, 3.8) is 0 Å². The number of hydrogen-bond donors (Lipinski definition) is 6. The second-order valence-electron chi connectivity index (χ2n) is 5.19. The Balaban J connectivity index is 1.82. The molecule has 1 fully saturated rings. The van der Waals surface area contributed by atoms with E-state index in [0.29, 0.717) is 5.56 Å². The van der Waals surface area contributed by atoms with Gasteiger partial charge in [0.05, 0.1) is 37.3 Å². The molecule has 7 nitrogen and oxygen atoms in total. The Morgan fingerprint density at radius 3 is 2.57 bits per heavy atom. The Morgan fingerprint density at radius 1 is 1.24 bits per heavy atom. The van der Waals surface area contributed by atoms with E-state index < -0.39 is 24.3 Å². The first-order chi connectivity index (χ1) is 10.0. The van der Waals surface area contributed by atoms with Gasteiger partial charge in [-0.15, -0.1) is 0 Å². The molecule has 0 radical (unpaired) electrons. The van der Waals surface area contributed by atoms with Crippen LogP contribution in [0.25, 0.3) is 0 Å². The van der Waals surface area contributed by atoms with Gasteiger partial charge in [-0.2, -0.15) is 0 Å². The van der Waals surface area contributed by atoms with Gasteiger partial charge in [0.2, 0.25) is 5.91 Å². The van der Waals surface area contributed by atoms with E-state index in [1.165, 1.54) is 12.1 Å². The Bertz CT molecular complexity index is 496. The molecule has 0 aliphatic carbocycles. The molecule has 1 aromatic rings. The van der Waals surface area contributed by atoms with Gasteiger partial charge in [-0.1, -0.05) is 12.1 Å². The lowest BCUT2D eigenvalue weighted by Gasteiger charge is -2.16. The third-order valence-electron chi connectivity index (χ3n) is 3.59. The van der Waals surface area contributed by atoms with Gasteiger partial charge in [0.15, 0.2) is 0 Å². The minimum absolute atomic E-state index is 0.0992. The fraction of sp³-hybridized carbons (Fsp3) is 0.500. The molecule has 6 N–H and O–H groups in total. The lowest BCUT2D eigenvalue weighted by molar-refractivity contribution is -0.120. The second-order valence-corrected chi connectivity index (χ2v) is 5.19. The van der Waals surface area contributed by atoms with E-state index in [1.54, 1.807) is 12.1 Å². The molecule has 21 heavy (non-hydrogen) atoms. The van der Waals surface area contributed by atoms with Crippen LogP contribution in [0.5, 0.6) is 5.75 Å². The highest BCUT2D eigenvalue weighted by molar-refractivity contribution is 5.78. The summed E-state index contributed by atoms with van der Waals surface area (Å²) in [6.07, 6.45) is -1.98. The van der Waals surface area contributed by atoms with Gasteiger partial charge in [0.25, 0.3) is 0 Å². The van der Waals surface area contributed by atoms with E-state index in [4.69, 9.17) is 5.11 Å². The first-order valence-corrected chi connectivity index (χ1v) is 6.79. The van der Waals surface area contributed by atoms with E-state index in [-0.39, 0.29) is 31.2 Å². The zero-order chi connectivity index (χ0) is 15.4. The number of aliphatic hydroxyl groups is 3. The smallest absolute Gasteiger partial charge is 0.224 e. The van der Waals surface area contributed by atoms with Gasteiger partial charge in [0, 0.05) is 6.54 Å². The minimum Gasteiger partial charge on any atom is -0.508 e. The van der Waals surface area contributed by atoms with Crippen molar-refractivity contribution in [1.29, 1.82) is 0 Å². The molecule has 0 unspecified atom stereocenters. The van der Waals surface area contributed by atoms with Gasteiger partial charge in [-0.25, -0.2) is 0 Å². The fourth-order valence-electron chi connectivity index (χ4n) is 2.43.